The van der Waals surface area contributed by atoms with E-state index in [1.54, 1.807) is 0 Å². The first-order valence-corrected chi connectivity index (χ1v) is 6.29. The number of hydrogen-bond donors (Lipinski definition) is 1. The summed E-state index contributed by atoms with van der Waals surface area (Å²) in [4.78, 5) is 25.6. The van der Waals surface area contributed by atoms with Gasteiger partial charge in [0.25, 0.3) is 0 Å². The van der Waals surface area contributed by atoms with Gasteiger partial charge >= 0.3 is 0 Å². The SMILES string of the molecule is CC(=O)C(NC(=O)CCCCCN=[N+]=[N-])C(C)C. The molecular formula is C12H22N4O2. The number of nitrogens with one attached hydrogen (secondary N) is 1. The molecule has 102 valence electrons. The molecule has 0 bridgehead atoms. The molecule has 0 radical (unpaired) electrons. The Morgan fingerprint density at radius 3 is 2.44 bits per heavy atom. The van der Waals surface area contributed by atoms with Gasteiger partial charge in [0.2, 0.25) is 5.91 Å². The van der Waals surface area contributed by atoms with Gasteiger partial charge in [0.1, 0.15) is 0 Å². The number of ketones is 1. The van der Waals surface area contributed by atoms with Gasteiger partial charge in [-0.3, -0.25) is 9.59 Å². The number of carbonyl (C=O) groups excluding carboxylic acids is 2. The summed E-state index contributed by atoms with van der Waals surface area (Å²) in [6, 6.07) is -0.388. The molecule has 1 amide bonds. The van der Waals surface area contributed by atoms with E-state index in [1.165, 1.54) is 6.92 Å². The van der Waals surface area contributed by atoms with Crippen molar-refractivity contribution in [2.24, 2.45) is 11.0 Å². The summed E-state index contributed by atoms with van der Waals surface area (Å²) in [7, 11) is 0. The second-order valence-electron chi connectivity index (χ2n) is 4.66. The third-order valence-electron chi connectivity index (χ3n) is 2.65. The Morgan fingerprint density at radius 1 is 1.28 bits per heavy atom. The first-order valence-electron chi connectivity index (χ1n) is 6.29. The Bertz CT molecular complexity index is 322. The molecule has 1 N–H and O–H groups in total. The zero-order valence-corrected chi connectivity index (χ0v) is 11.3. The Hall–Kier alpha value is -1.55. The molecule has 0 aromatic heterocycles. The minimum atomic E-state index is -0.388. The molecule has 0 aliphatic rings. The van der Waals surface area contributed by atoms with Crippen LogP contribution in [0.1, 0.15) is 46.5 Å². The van der Waals surface area contributed by atoms with Crippen molar-refractivity contribution in [2.45, 2.75) is 52.5 Å². The van der Waals surface area contributed by atoms with Crippen molar-refractivity contribution in [3.8, 4) is 0 Å². The van der Waals surface area contributed by atoms with Crippen LogP contribution < -0.4 is 5.32 Å². The van der Waals surface area contributed by atoms with Crippen molar-refractivity contribution >= 4 is 11.7 Å². The molecule has 0 heterocycles. The molecule has 0 rings (SSSR count). The third kappa shape index (κ3) is 7.68. The zero-order chi connectivity index (χ0) is 14.0. The van der Waals surface area contributed by atoms with E-state index in [0.717, 1.165) is 19.3 Å². The summed E-state index contributed by atoms with van der Waals surface area (Å²) >= 11 is 0. The summed E-state index contributed by atoms with van der Waals surface area (Å²) in [6.45, 7) is 5.78. The van der Waals surface area contributed by atoms with Gasteiger partial charge in [-0.1, -0.05) is 25.4 Å². The summed E-state index contributed by atoms with van der Waals surface area (Å²) in [5.74, 6) is 0.00538. The molecule has 18 heavy (non-hydrogen) atoms. The van der Waals surface area contributed by atoms with Crippen LogP contribution in [0.25, 0.3) is 10.4 Å². The molecule has 6 nitrogen and oxygen atoms in total. The molecule has 0 aromatic rings. The van der Waals surface area contributed by atoms with E-state index in [0.29, 0.717) is 13.0 Å². The Balaban J connectivity index is 3.82. The van der Waals surface area contributed by atoms with Crippen molar-refractivity contribution < 1.29 is 9.59 Å². The highest BCUT2D eigenvalue weighted by molar-refractivity contribution is 5.87. The van der Waals surface area contributed by atoms with Gasteiger partial charge in [-0.25, -0.2) is 0 Å². The van der Waals surface area contributed by atoms with Crippen LogP contribution in [0.4, 0.5) is 0 Å². The number of amides is 1. The highest BCUT2D eigenvalue weighted by Crippen LogP contribution is 2.05. The number of nitrogens with zero attached hydrogens (tertiary/aromatic N) is 3. The summed E-state index contributed by atoms with van der Waals surface area (Å²) < 4.78 is 0. The van der Waals surface area contributed by atoms with E-state index in [9.17, 15) is 9.59 Å². The van der Waals surface area contributed by atoms with Crippen LogP contribution in [0.3, 0.4) is 0 Å². The lowest BCUT2D eigenvalue weighted by Crippen LogP contribution is -2.43. The summed E-state index contributed by atoms with van der Waals surface area (Å²) in [5.41, 5.74) is 8.08. The average Bonchev–Trinajstić information content (AvgIpc) is 2.29. The predicted molar refractivity (Wildman–Crippen MR) is 69.9 cm³/mol. The highest BCUT2D eigenvalue weighted by Gasteiger charge is 2.19. The van der Waals surface area contributed by atoms with Gasteiger partial charge in [-0.2, -0.15) is 0 Å². The molecule has 0 aliphatic heterocycles. The molecule has 0 spiro atoms. The average molecular weight is 254 g/mol. The number of rotatable bonds is 9. The van der Waals surface area contributed by atoms with E-state index in [-0.39, 0.29) is 23.7 Å². The molecule has 0 saturated heterocycles. The number of azide groups is 1. The molecule has 0 saturated carbocycles. The summed E-state index contributed by atoms with van der Waals surface area (Å²) in [5, 5.41) is 6.17. The fourth-order valence-corrected chi connectivity index (χ4v) is 1.67. The molecule has 1 unspecified atom stereocenters. The lowest BCUT2D eigenvalue weighted by molar-refractivity contribution is -0.127. The lowest BCUT2D eigenvalue weighted by Gasteiger charge is -2.19. The van der Waals surface area contributed by atoms with Crippen LogP contribution in [-0.2, 0) is 9.59 Å². The quantitative estimate of drug-likeness (QED) is 0.296. The van der Waals surface area contributed by atoms with E-state index < -0.39 is 0 Å². The van der Waals surface area contributed by atoms with Crippen LogP contribution in [-0.4, -0.2) is 24.3 Å². The Kier molecular flexibility index (Phi) is 8.66. The molecule has 0 aromatic carbocycles. The van der Waals surface area contributed by atoms with Crippen molar-refractivity contribution in [3.63, 3.8) is 0 Å². The van der Waals surface area contributed by atoms with Gasteiger partial charge in [0.15, 0.2) is 5.78 Å². The van der Waals surface area contributed by atoms with Gasteiger partial charge in [0, 0.05) is 17.9 Å². The normalized spacial score (nSPS) is 11.8. The standard InChI is InChI=1S/C12H22N4O2/c1-9(2)12(10(3)17)15-11(18)7-5-4-6-8-14-16-13/h9,12H,4-8H2,1-3H3,(H,15,18). The second-order valence-corrected chi connectivity index (χ2v) is 4.66. The monoisotopic (exact) mass is 254 g/mol. The third-order valence-corrected chi connectivity index (χ3v) is 2.65. The predicted octanol–water partition coefficient (Wildman–Crippen LogP) is 2.59. The van der Waals surface area contributed by atoms with Crippen LogP contribution in [0.15, 0.2) is 5.11 Å². The van der Waals surface area contributed by atoms with Crippen molar-refractivity contribution in [1.29, 1.82) is 0 Å². The highest BCUT2D eigenvalue weighted by atomic mass is 16.2. The van der Waals surface area contributed by atoms with Gasteiger partial charge in [-0.05, 0) is 31.2 Å². The van der Waals surface area contributed by atoms with Crippen LogP contribution in [0.5, 0.6) is 0 Å². The Labute approximate surface area is 108 Å². The minimum Gasteiger partial charge on any atom is -0.346 e. The van der Waals surface area contributed by atoms with Crippen LogP contribution >= 0.6 is 0 Å². The second kappa shape index (κ2) is 9.48. The van der Waals surface area contributed by atoms with Gasteiger partial charge in [-0.15, -0.1) is 0 Å². The maximum absolute atomic E-state index is 11.6. The molecule has 1 atom stereocenters. The summed E-state index contributed by atoms with van der Waals surface area (Å²) in [6.07, 6.45) is 2.79. The molecule has 0 fully saturated rings. The van der Waals surface area contributed by atoms with E-state index in [4.69, 9.17) is 5.53 Å². The smallest absolute Gasteiger partial charge is 0.220 e. The van der Waals surface area contributed by atoms with Crippen LogP contribution in [0.2, 0.25) is 0 Å². The molecule has 0 aliphatic carbocycles. The Morgan fingerprint density at radius 2 is 1.94 bits per heavy atom. The van der Waals surface area contributed by atoms with Crippen molar-refractivity contribution in [2.75, 3.05) is 6.54 Å². The van der Waals surface area contributed by atoms with Gasteiger partial charge < -0.3 is 5.32 Å². The number of hydrogen-bond acceptors (Lipinski definition) is 3. The maximum atomic E-state index is 11.6. The molecule has 6 heteroatoms. The lowest BCUT2D eigenvalue weighted by atomic mass is 10.0. The maximum Gasteiger partial charge on any atom is 0.220 e. The number of Topliss-reactive ketones (excluding diaryl/α,β-unsaturated/α-hetero) is 1. The molecular weight excluding hydrogens is 232 g/mol. The largest absolute Gasteiger partial charge is 0.346 e. The van der Waals surface area contributed by atoms with Crippen LogP contribution in [0, 0.1) is 5.92 Å². The van der Waals surface area contributed by atoms with Crippen molar-refractivity contribution in [3.05, 3.63) is 10.4 Å². The first-order chi connectivity index (χ1) is 8.49. The fourth-order valence-electron chi connectivity index (χ4n) is 1.67. The first kappa shape index (κ1) is 16.4. The topological polar surface area (TPSA) is 94.9 Å². The van der Waals surface area contributed by atoms with E-state index in [2.05, 4.69) is 15.3 Å². The van der Waals surface area contributed by atoms with E-state index >= 15 is 0 Å². The minimum absolute atomic E-state index is 0.0123. The van der Waals surface area contributed by atoms with Crippen molar-refractivity contribution in [1.82, 2.24) is 5.32 Å². The van der Waals surface area contributed by atoms with Gasteiger partial charge in [0.05, 0.1) is 6.04 Å². The number of carbonyl (C=O) groups is 2. The van der Waals surface area contributed by atoms with E-state index in [1.807, 2.05) is 13.8 Å². The zero-order valence-electron chi connectivity index (χ0n) is 11.3. The number of unbranched alkanes of at least 4 members (excludes halogenated alkanes) is 2. The fraction of sp³-hybridized carbons (Fsp3) is 0.833.